The summed E-state index contributed by atoms with van der Waals surface area (Å²) < 4.78 is 2.27. The quantitative estimate of drug-likeness (QED) is 0.439. The molecule has 0 spiro atoms. The number of halogens is 1. The van der Waals surface area contributed by atoms with Gasteiger partial charge in [0.15, 0.2) is 0 Å². The predicted molar refractivity (Wildman–Crippen MR) is 126 cm³/mol. The lowest BCUT2D eigenvalue weighted by molar-refractivity contribution is -0.657. The summed E-state index contributed by atoms with van der Waals surface area (Å²) in [6, 6.07) is 27.8. The van der Waals surface area contributed by atoms with E-state index in [0.29, 0.717) is 0 Å². The summed E-state index contributed by atoms with van der Waals surface area (Å²) >= 11 is 1.77. The fraction of sp³-hybridized carbons (Fsp3) is 0.115. The fourth-order valence-corrected chi connectivity index (χ4v) is 4.34. The van der Waals surface area contributed by atoms with Gasteiger partial charge in [-0.05, 0) is 41.0 Å². The monoisotopic (exact) mass is 432 g/mol. The Morgan fingerprint density at radius 1 is 0.767 bits per heavy atom. The standard InChI is InChI=1S/C26H25N2S.ClH/c1-27(2)22-16-13-20(14-17-22)15-18-26-28(3)25(19-29-26)24-12-8-7-11-23(24)21-9-5-4-6-10-21;/h4-19H,1-3H3;1H/q+1;/p-1. The lowest BCUT2D eigenvalue weighted by atomic mass is 9.98. The van der Waals surface area contributed by atoms with Gasteiger partial charge in [-0.2, -0.15) is 4.57 Å². The number of hydrogen-bond donors (Lipinski definition) is 0. The van der Waals surface area contributed by atoms with Crippen LogP contribution in [0.1, 0.15) is 10.6 Å². The highest BCUT2D eigenvalue weighted by Gasteiger charge is 2.19. The molecule has 4 aromatic rings. The zero-order valence-corrected chi connectivity index (χ0v) is 19.0. The van der Waals surface area contributed by atoms with Crippen molar-refractivity contribution in [2.75, 3.05) is 19.0 Å². The molecule has 0 aliphatic carbocycles. The Morgan fingerprint density at radius 2 is 1.40 bits per heavy atom. The van der Waals surface area contributed by atoms with Crippen LogP contribution in [0.5, 0.6) is 0 Å². The Morgan fingerprint density at radius 3 is 2.07 bits per heavy atom. The van der Waals surface area contributed by atoms with Gasteiger partial charge in [0.2, 0.25) is 5.69 Å². The van der Waals surface area contributed by atoms with E-state index in [0.717, 1.165) is 0 Å². The van der Waals surface area contributed by atoms with Crippen LogP contribution in [0.25, 0.3) is 34.5 Å². The van der Waals surface area contributed by atoms with Crippen LogP contribution in [0.15, 0.2) is 84.2 Å². The summed E-state index contributed by atoms with van der Waals surface area (Å²) in [4.78, 5) is 2.11. The fourth-order valence-electron chi connectivity index (χ4n) is 3.42. The van der Waals surface area contributed by atoms with Crippen LogP contribution in [0.2, 0.25) is 0 Å². The molecule has 0 aliphatic rings. The third kappa shape index (κ3) is 4.64. The molecular weight excluding hydrogens is 408 g/mol. The Balaban J connectivity index is 0.00000256. The van der Waals surface area contributed by atoms with Gasteiger partial charge in [0.25, 0.3) is 5.01 Å². The van der Waals surface area contributed by atoms with Crippen molar-refractivity contribution in [1.29, 1.82) is 0 Å². The first-order chi connectivity index (χ1) is 14.1. The van der Waals surface area contributed by atoms with Gasteiger partial charge in [0, 0.05) is 25.9 Å². The molecular formula is C26H25ClN2S. The number of nitrogens with zero attached hydrogens (tertiary/aromatic N) is 2. The minimum Gasteiger partial charge on any atom is -1.00 e. The van der Waals surface area contributed by atoms with Gasteiger partial charge in [-0.1, -0.05) is 72.0 Å². The summed E-state index contributed by atoms with van der Waals surface area (Å²) in [7, 11) is 6.26. The highest BCUT2D eigenvalue weighted by atomic mass is 35.5. The maximum atomic E-state index is 2.27. The van der Waals surface area contributed by atoms with Gasteiger partial charge >= 0.3 is 0 Å². The van der Waals surface area contributed by atoms with Crippen LogP contribution in [0.3, 0.4) is 0 Å². The van der Waals surface area contributed by atoms with E-state index < -0.39 is 0 Å². The van der Waals surface area contributed by atoms with Crippen molar-refractivity contribution < 1.29 is 17.0 Å². The predicted octanol–water partition coefficient (Wildman–Crippen LogP) is 3.15. The van der Waals surface area contributed by atoms with Gasteiger partial charge in [0.05, 0.1) is 10.9 Å². The first-order valence-corrected chi connectivity index (χ1v) is 10.6. The zero-order valence-electron chi connectivity index (χ0n) is 17.4. The van der Waals surface area contributed by atoms with Crippen LogP contribution in [-0.2, 0) is 7.05 Å². The average Bonchev–Trinajstić information content (AvgIpc) is 3.13. The summed E-state index contributed by atoms with van der Waals surface area (Å²) in [5.74, 6) is 0. The Bertz CT molecular complexity index is 1130. The minimum absolute atomic E-state index is 0. The third-order valence-electron chi connectivity index (χ3n) is 5.10. The average molecular weight is 433 g/mol. The van der Waals surface area contributed by atoms with E-state index in [1.165, 1.54) is 38.6 Å². The molecule has 3 aromatic carbocycles. The van der Waals surface area contributed by atoms with E-state index in [2.05, 4.69) is 127 Å². The molecule has 0 aliphatic heterocycles. The highest BCUT2D eigenvalue weighted by Crippen LogP contribution is 2.31. The van der Waals surface area contributed by atoms with Crippen molar-refractivity contribution >= 4 is 29.2 Å². The zero-order chi connectivity index (χ0) is 20.2. The molecule has 1 heterocycles. The van der Waals surface area contributed by atoms with Crippen molar-refractivity contribution in [3.63, 3.8) is 0 Å². The molecule has 30 heavy (non-hydrogen) atoms. The molecule has 0 N–H and O–H groups in total. The number of aromatic nitrogens is 1. The molecule has 2 nitrogen and oxygen atoms in total. The van der Waals surface area contributed by atoms with Gasteiger partial charge in [0.1, 0.15) is 7.05 Å². The molecule has 0 bridgehead atoms. The number of thiazole rings is 1. The molecule has 0 atom stereocenters. The molecule has 152 valence electrons. The van der Waals surface area contributed by atoms with Crippen LogP contribution >= 0.6 is 11.3 Å². The van der Waals surface area contributed by atoms with Crippen LogP contribution in [0, 0.1) is 0 Å². The smallest absolute Gasteiger partial charge is 0.261 e. The lowest BCUT2D eigenvalue weighted by Crippen LogP contribution is -3.00. The largest absolute Gasteiger partial charge is 1.00 e. The molecule has 0 fully saturated rings. The van der Waals surface area contributed by atoms with Crippen LogP contribution < -0.4 is 21.9 Å². The van der Waals surface area contributed by atoms with Gasteiger partial charge < -0.3 is 17.3 Å². The van der Waals surface area contributed by atoms with Crippen molar-refractivity contribution in [2.45, 2.75) is 0 Å². The molecule has 0 radical (unpaired) electrons. The van der Waals surface area contributed by atoms with E-state index in [4.69, 9.17) is 0 Å². The molecule has 0 amide bonds. The first-order valence-electron chi connectivity index (χ1n) is 9.71. The van der Waals surface area contributed by atoms with Crippen molar-refractivity contribution in [3.05, 3.63) is 94.8 Å². The van der Waals surface area contributed by atoms with Crippen LogP contribution in [-0.4, -0.2) is 14.1 Å². The molecule has 4 heteroatoms. The number of anilines is 1. The summed E-state index contributed by atoms with van der Waals surface area (Å²) in [6.07, 6.45) is 4.38. The highest BCUT2D eigenvalue weighted by molar-refractivity contribution is 7.10. The van der Waals surface area contributed by atoms with E-state index in [9.17, 15) is 0 Å². The van der Waals surface area contributed by atoms with Gasteiger partial charge in [-0.15, -0.1) is 0 Å². The van der Waals surface area contributed by atoms with E-state index in [1.807, 2.05) is 0 Å². The minimum atomic E-state index is 0. The Labute approximate surface area is 189 Å². The maximum Gasteiger partial charge on any atom is 0.261 e. The maximum absolute atomic E-state index is 2.27. The van der Waals surface area contributed by atoms with E-state index in [1.54, 1.807) is 11.3 Å². The number of hydrogen-bond acceptors (Lipinski definition) is 2. The van der Waals surface area contributed by atoms with Gasteiger partial charge in [-0.3, -0.25) is 0 Å². The second kappa shape index (κ2) is 9.75. The molecule has 1 aromatic heterocycles. The van der Waals surface area contributed by atoms with Crippen molar-refractivity contribution in [2.24, 2.45) is 7.05 Å². The lowest BCUT2D eigenvalue weighted by Gasteiger charge is -2.11. The van der Waals surface area contributed by atoms with Crippen LogP contribution in [0.4, 0.5) is 5.69 Å². The third-order valence-corrected chi connectivity index (χ3v) is 6.09. The second-order valence-corrected chi connectivity index (χ2v) is 8.14. The van der Waals surface area contributed by atoms with Gasteiger partial charge in [-0.25, -0.2) is 0 Å². The Kier molecular flexibility index (Phi) is 7.09. The summed E-state index contributed by atoms with van der Waals surface area (Å²) in [5, 5.41) is 3.47. The first kappa shape index (κ1) is 21.8. The molecule has 4 rings (SSSR count). The van der Waals surface area contributed by atoms with Crippen molar-refractivity contribution in [3.8, 4) is 22.4 Å². The molecule has 0 saturated carbocycles. The number of benzene rings is 3. The molecule has 0 unspecified atom stereocenters. The Hall–Kier alpha value is -2.88. The topological polar surface area (TPSA) is 7.12 Å². The second-order valence-electron chi connectivity index (χ2n) is 7.25. The molecule has 0 saturated heterocycles. The number of rotatable bonds is 5. The SMILES string of the molecule is CN(C)c1ccc(C=Cc2scc(-c3ccccc3-c3ccccc3)[n+]2C)cc1.[Cl-]. The van der Waals surface area contributed by atoms with Crippen molar-refractivity contribution in [1.82, 2.24) is 0 Å². The van der Waals surface area contributed by atoms with E-state index >= 15 is 0 Å². The summed E-state index contributed by atoms with van der Waals surface area (Å²) in [5.41, 5.74) is 7.41. The summed E-state index contributed by atoms with van der Waals surface area (Å²) in [6.45, 7) is 0. The normalized spacial score (nSPS) is 10.8. The van der Waals surface area contributed by atoms with E-state index in [-0.39, 0.29) is 12.4 Å².